The van der Waals surface area contributed by atoms with Crippen molar-refractivity contribution in [3.8, 4) is 11.5 Å². The first-order valence-corrected chi connectivity index (χ1v) is 7.45. The summed E-state index contributed by atoms with van der Waals surface area (Å²) in [5.41, 5.74) is 7.11. The van der Waals surface area contributed by atoms with Crippen LogP contribution in [0.4, 0.5) is 11.4 Å². The van der Waals surface area contributed by atoms with Crippen LogP contribution in [0.2, 0.25) is 5.02 Å². The number of nitrogens with two attached hydrogens (primary N) is 1. The van der Waals surface area contributed by atoms with Gasteiger partial charge in [0.25, 0.3) is 5.91 Å². The Balaban J connectivity index is 1.96. The molecule has 126 valence electrons. The van der Waals surface area contributed by atoms with E-state index in [1.54, 1.807) is 30.3 Å². The van der Waals surface area contributed by atoms with E-state index in [4.69, 9.17) is 26.8 Å². The van der Waals surface area contributed by atoms with Crippen molar-refractivity contribution in [2.24, 2.45) is 0 Å². The average Bonchev–Trinajstić information content (AvgIpc) is 2.53. The number of anilines is 2. The van der Waals surface area contributed by atoms with Crippen LogP contribution in [-0.4, -0.2) is 25.4 Å². The molecule has 0 unspecified atom stereocenters. The molecule has 0 aliphatic carbocycles. The van der Waals surface area contributed by atoms with Crippen molar-refractivity contribution >= 4 is 34.7 Å². The van der Waals surface area contributed by atoms with Gasteiger partial charge in [-0.05, 0) is 43.3 Å². The van der Waals surface area contributed by atoms with Gasteiger partial charge in [0.1, 0.15) is 11.5 Å². The standard InChI is InChI=1S/C17H17ClN2O4/c1-10(21)11-3-5-16(14(19)7-11)24-9-17(22)20-12-4-6-15(23-2)13(18)8-12/h3-8H,9,19H2,1-2H3,(H,20,22). The first-order valence-electron chi connectivity index (χ1n) is 7.07. The molecule has 0 aliphatic heterocycles. The highest BCUT2D eigenvalue weighted by atomic mass is 35.5. The SMILES string of the molecule is COc1ccc(NC(=O)COc2ccc(C(C)=O)cc2N)cc1Cl. The number of carbonyl (C=O) groups excluding carboxylic acids is 2. The zero-order valence-corrected chi connectivity index (χ0v) is 14.0. The molecule has 0 atom stereocenters. The van der Waals surface area contributed by atoms with Gasteiger partial charge in [-0.15, -0.1) is 0 Å². The molecule has 24 heavy (non-hydrogen) atoms. The summed E-state index contributed by atoms with van der Waals surface area (Å²) < 4.78 is 10.4. The molecule has 0 bridgehead atoms. The maximum atomic E-state index is 11.9. The quantitative estimate of drug-likeness (QED) is 0.618. The van der Waals surface area contributed by atoms with E-state index in [2.05, 4.69) is 5.32 Å². The number of nitrogens with one attached hydrogen (secondary N) is 1. The minimum absolute atomic E-state index is 0.0950. The van der Waals surface area contributed by atoms with Gasteiger partial charge in [0.15, 0.2) is 12.4 Å². The van der Waals surface area contributed by atoms with Crippen molar-refractivity contribution in [1.82, 2.24) is 0 Å². The fourth-order valence-electron chi connectivity index (χ4n) is 1.98. The van der Waals surface area contributed by atoms with E-state index in [1.165, 1.54) is 20.1 Å². The number of hydrogen-bond acceptors (Lipinski definition) is 5. The average molecular weight is 349 g/mol. The van der Waals surface area contributed by atoms with Crippen LogP contribution >= 0.6 is 11.6 Å². The Morgan fingerprint density at radius 1 is 1.17 bits per heavy atom. The number of halogens is 1. The molecule has 0 saturated heterocycles. The summed E-state index contributed by atoms with van der Waals surface area (Å²) in [6, 6.07) is 9.56. The van der Waals surface area contributed by atoms with Crippen LogP contribution in [0.5, 0.6) is 11.5 Å². The van der Waals surface area contributed by atoms with Gasteiger partial charge in [0.05, 0.1) is 17.8 Å². The Morgan fingerprint density at radius 3 is 2.46 bits per heavy atom. The minimum atomic E-state index is -0.369. The van der Waals surface area contributed by atoms with Crippen molar-refractivity contribution in [3.63, 3.8) is 0 Å². The van der Waals surface area contributed by atoms with Gasteiger partial charge in [-0.3, -0.25) is 9.59 Å². The topological polar surface area (TPSA) is 90.6 Å². The van der Waals surface area contributed by atoms with Crippen LogP contribution in [0.1, 0.15) is 17.3 Å². The zero-order chi connectivity index (χ0) is 17.7. The third-order valence-electron chi connectivity index (χ3n) is 3.21. The first kappa shape index (κ1) is 17.6. The lowest BCUT2D eigenvalue weighted by Crippen LogP contribution is -2.20. The fourth-order valence-corrected chi connectivity index (χ4v) is 2.24. The third-order valence-corrected chi connectivity index (χ3v) is 3.51. The molecule has 1 amide bonds. The molecule has 3 N–H and O–H groups in total. The summed E-state index contributed by atoms with van der Waals surface area (Å²) >= 11 is 6.00. The second kappa shape index (κ2) is 7.70. The van der Waals surface area contributed by atoms with Crippen LogP contribution < -0.4 is 20.5 Å². The van der Waals surface area contributed by atoms with Gasteiger partial charge in [0.2, 0.25) is 0 Å². The number of benzene rings is 2. The second-order valence-corrected chi connectivity index (χ2v) is 5.40. The molecule has 7 heteroatoms. The number of ether oxygens (including phenoxy) is 2. The molecule has 2 aromatic rings. The van der Waals surface area contributed by atoms with Crippen molar-refractivity contribution in [2.75, 3.05) is 24.8 Å². The molecule has 0 fully saturated rings. The normalized spacial score (nSPS) is 10.1. The van der Waals surface area contributed by atoms with Crippen molar-refractivity contribution in [2.45, 2.75) is 6.92 Å². The maximum Gasteiger partial charge on any atom is 0.262 e. The molecule has 0 heterocycles. The number of Topliss-reactive ketones (excluding diaryl/α,β-unsaturated/α-hetero) is 1. The number of nitrogen functional groups attached to an aromatic ring is 1. The summed E-state index contributed by atoms with van der Waals surface area (Å²) in [6.07, 6.45) is 0. The van der Waals surface area contributed by atoms with Crippen molar-refractivity contribution in [1.29, 1.82) is 0 Å². The highest BCUT2D eigenvalue weighted by Gasteiger charge is 2.09. The molecule has 0 spiro atoms. The molecule has 0 aliphatic rings. The van der Waals surface area contributed by atoms with E-state index in [0.717, 1.165) is 0 Å². The molecule has 2 aromatic carbocycles. The van der Waals surface area contributed by atoms with Crippen molar-refractivity contribution in [3.05, 3.63) is 47.0 Å². The van der Waals surface area contributed by atoms with E-state index in [9.17, 15) is 9.59 Å². The lowest BCUT2D eigenvalue weighted by Gasteiger charge is -2.11. The monoisotopic (exact) mass is 348 g/mol. The van der Waals surface area contributed by atoms with Crippen LogP contribution in [0, 0.1) is 0 Å². The lowest BCUT2D eigenvalue weighted by molar-refractivity contribution is -0.118. The maximum absolute atomic E-state index is 11.9. The predicted octanol–water partition coefficient (Wildman–Crippen LogP) is 3.15. The Bertz CT molecular complexity index is 777. The molecule has 6 nitrogen and oxygen atoms in total. The minimum Gasteiger partial charge on any atom is -0.495 e. The number of carbonyl (C=O) groups is 2. The van der Waals surface area contributed by atoms with Gasteiger partial charge < -0.3 is 20.5 Å². The second-order valence-electron chi connectivity index (χ2n) is 4.99. The summed E-state index contributed by atoms with van der Waals surface area (Å²) in [6.45, 7) is 1.22. The van der Waals surface area contributed by atoms with Crippen LogP contribution in [0.25, 0.3) is 0 Å². The zero-order valence-electron chi connectivity index (χ0n) is 13.3. The van der Waals surface area contributed by atoms with Crippen LogP contribution in [0.15, 0.2) is 36.4 Å². The number of amides is 1. The fraction of sp³-hybridized carbons (Fsp3) is 0.176. The van der Waals surface area contributed by atoms with Gasteiger partial charge in [0, 0.05) is 11.3 Å². The van der Waals surface area contributed by atoms with E-state index >= 15 is 0 Å². The van der Waals surface area contributed by atoms with E-state index in [0.29, 0.717) is 33.5 Å². The largest absolute Gasteiger partial charge is 0.495 e. The highest BCUT2D eigenvalue weighted by Crippen LogP contribution is 2.27. The van der Waals surface area contributed by atoms with E-state index in [-0.39, 0.29) is 18.3 Å². The molecule has 2 rings (SSSR count). The summed E-state index contributed by atoms with van der Waals surface area (Å²) in [4.78, 5) is 23.2. The highest BCUT2D eigenvalue weighted by molar-refractivity contribution is 6.32. The Morgan fingerprint density at radius 2 is 1.88 bits per heavy atom. The third kappa shape index (κ3) is 4.39. The number of methoxy groups -OCH3 is 1. The van der Waals surface area contributed by atoms with Gasteiger partial charge in [-0.1, -0.05) is 11.6 Å². The van der Waals surface area contributed by atoms with Gasteiger partial charge in [-0.2, -0.15) is 0 Å². The molecule has 0 saturated carbocycles. The van der Waals surface area contributed by atoms with Crippen molar-refractivity contribution < 1.29 is 19.1 Å². The van der Waals surface area contributed by atoms with E-state index < -0.39 is 0 Å². The molecule has 0 radical (unpaired) electrons. The Kier molecular flexibility index (Phi) is 5.65. The number of hydrogen-bond donors (Lipinski definition) is 2. The van der Waals surface area contributed by atoms with Crippen LogP contribution in [0.3, 0.4) is 0 Å². The number of rotatable bonds is 6. The first-order chi connectivity index (χ1) is 11.4. The van der Waals surface area contributed by atoms with Crippen LogP contribution in [-0.2, 0) is 4.79 Å². The summed E-state index contributed by atoms with van der Waals surface area (Å²) in [5.74, 6) is 0.390. The molecular weight excluding hydrogens is 332 g/mol. The molecular formula is C17H17ClN2O4. The van der Waals surface area contributed by atoms with Gasteiger partial charge in [-0.25, -0.2) is 0 Å². The predicted molar refractivity (Wildman–Crippen MR) is 93.0 cm³/mol. The summed E-state index contributed by atoms with van der Waals surface area (Å²) in [5, 5.41) is 3.04. The van der Waals surface area contributed by atoms with E-state index in [1.807, 2.05) is 0 Å². The Labute approximate surface area is 144 Å². The smallest absolute Gasteiger partial charge is 0.262 e. The lowest BCUT2D eigenvalue weighted by atomic mass is 10.1. The summed E-state index contributed by atoms with van der Waals surface area (Å²) in [7, 11) is 1.51. The Hall–Kier alpha value is -2.73. The number of ketones is 1. The molecule has 0 aromatic heterocycles. The van der Waals surface area contributed by atoms with Gasteiger partial charge >= 0.3 is 0 Å².